The molecule has 0 bridgehead atoms. The molecule has 1 aliphatic carbocycles. The smallest absolute Gasteiger partial charge is 0.0167 e. The summed E-state index contributed by atoms with van der Waals surface area (Å²) >= 11 is 0. The maximum atomic E-state index is 3.42. The lowest BCUT2D eigenvalue weighted by Gasteiger charge is -2.29. The van der Waals surface area contributed by atoms with Crippen molar-refractivity contribution in [2.24, 2.45) is 5.92 Å². The van der Waals surface area contributed by atoms with Gasteiger partial charge in [-0.2, -0.15) is 0 Å². The highest BCUT2D eigenvalue weighted by molar-refractivity contribution is 8.93. The number of allylic oxidation sites excluding steroid dienone is 1. The minimum atomic E-state index is 0. The summed E-state index contributed by atoms with van der Waals surface area (Å²) in [7, 11) is 0. The molecule has 0 aromatic heterocycles. The van der Waals surface area contributed by atoms with Gasteiger partial charge in [-0.3, -0.25) is 0 Å². The predicted molar refractivity (Wildman–Crippen MR) is 53.2 cm³/mol. The van der Waals surface area contributed by atoms with Crippen molar-refractivity contribution in [2.75, 3.05) is 13.1 Å². The fraction of sp³-hybridized carbons (Fsp3) is 0.778. The second kappa shape index (κ2) is 4.27. The summed E-state index contributed by atoms with van der Waals surface area (Å²) in [4.78, 5) is 0. The molecular weight excluding hydrogens is 202 g/mol. The third kappa shape index (κ3) is 2.06. The number of hydrogen-bond acceptors (Lipinski definition) is 1. The van der Waals surface area contributed by atoms with Crippen LogP contribution in [-0.4, -0.2) is 13.1 Å². The lowest BCUT2D eigenvalue weighted by atomic mass is 9.83. The van der Waals surface area contributed by atoms with Gasteiger partial charge in [0.2, 0.25) is 0 Å². The summed E-state index contributed by atoms with van der Waals surface area (Å²) in [6.07, 6.45) is 8.03. The summed E-state index contributed by atoms with van der Waals surface area (Å²) in [6, 6.07) is 0. The molecule has 0 aromatic rings. The Morgan fingerprint density at radius 3 is 3.09 bits per heavy atom. The molecule has 0 saturated carbocycles. The fourth-order valence-corrected chi connectivity index (χ4v) is 2.06. The summed E-state index contributed by atoms with van der Waals surface area (Å²) in [5.74, 6) is 0.954. The van der Waals surface area contributed by atoms with E-state index in [0.29, 0.717) is 0 Å². The van der Waals surface area contributed by atoms with E-state index in [9.17, 15) is 0 Å². The molecule has 1 aliphatic heterocycles. The Hall–Kier alpha value is 0.180. The Labute approximate surface area is 79.0 Å². The quantitative estimate of drug-likeness (QED) is 0.615. The second-order valence-electron chi connectivity index (χ2n) is 3.37. The van der Waals surface area contributed by atoms with Crippen LogP contribution in [0.1, 0.15) is 25.7 Å². The lowest BCUT2D eigenvalue weighted by molar-refractivity contribution is 0.413. The molecule has 0 spiro atoms. The van der Waals surface area contributed by atoms with Crippen molar-refractivity contribution in [3.63, 3.8) is 0 Å². The van der Waals surface area contributed by atoms with Gasteiger partial charge in [0.05, 0.1) is 0 Å². The van der Waals surface area contributed by atoms with Crippen molar-refractivity contribution in [1.29, 1.82) is 0 Å². The molecule has 64 valence electrons. The maximum Gasteiger partial charge on any atom is 0.0167 e. The number of fused-ring (bicyclic) bond motifs is 1. The molecule has 0 radical (unpaired) electrons. The zero-order valence-corrected chi connectivity index (χ0v) is 8.52. The molecular formula is C9H16BrN. The standard InChI is InChI=1S/C9H15N.BrH/c1-2-4-9-7-10-6-5-8(9)3-1;/h4,8,10H,1-3,5-7H2;1H. The summed E-state index contributed by atoms with van der Waals surface area (Å²) in [6.45, 7) is 2.41. The third-order valence-corrected chi connectivity index (χ3v) is 2.69. The fourth-order valence-electron chi connectivity index (χ4n) is 2.06. The monoisotopic (exact) mass is 217 g/mol. The lowest BCUT2D eigenvalue weighted by Crippen LogP contribution is -2.31. The van der Waals surface area contributed by atoms with Crippen molar-refractivity contribution < 1.29 is 0 Å². The molecule has 1 saturated heterocycles. The van der Waals surface area contributed by atoms with E-state index in [-0.39, 0.29) is 17.0 Å². The molecule has 2 aliphatic rings. The zero-order valence-electron chi connectivity index (χ0n) is 6.81. The number of hydrogen-bond donors (Lipinski definition) is 1. The largest absolute Gasteiger partial charge is 0.313 e. The first kappa shape index (κ1) is 9.27. The van der Waals surface area contributed by atoms with E-state index >= 15 is 0 Å². The van der Waals surface area contributed by atoms with Crippen LogP contribution >= 0.6 is 17.0 Å². The SMILES string of the molecule is Br.C1=C2CNCCC2CCC1. The first-order valence-electron chi connectivity index (χ1n) is 4.36. The van der Waals surface area contributed by atoms with Gasteiger partial charge >= 0.3 is 0 Å². The van der Waals surface area contributed by atoms with Crippen LogP contribution < -0.4 is 5.32 Å². The van der Waals surface area contributed by atoms with Crippen LogP contribution in [0, 0.1) is 5.92 Å². The van der Waals surface area contributed by atoms with Gasteiger partial charge < -0.3 is 5.32 Å². The van der Waals surface area contributed by atoms with E-state index in [1.165, 1.54) is 38.8 Å². The normalized spacial score (nSPS) is 29.8. The van der Waals surface area contributed by atoms with Gasteiger partial charge in [0.25, 0.3) is 0 Å². The van der Waals surface area contributed by atoms with Gasteiger partial charge in [-0.1, -0.05) is 11.6 Å². The highest BCUT2D eigenvalue weighted by Gasteiger charge is 2.19. The predicted octanol–water partition coefficient (Wildman–Crippen LogP) is 2.28. The van der Waals surface area contributed by atoms with Gasteiger partial charge in [-0.15, -0.1) is 17.0 Å². The molecule has 1 N–H and O–H groups in total. The maximum absolute atomic E-state index is 3.42. The Morgan fingerprint density at radius 2 is 2.27 bits per heavy atom. The van der Waals surface area contributed by atoms with Gasteiger partial charge in [0.15, 0.2) is 0 Å². The molecule has 1 atom stereocenters. The van der Waals surface area contributed by atoms with Crippen molar-refractivity contribution in [1.82, 2.24) is 5.32 Å². The minimum Gasteiger partial charge on any atom is -0.313 e. The molecule has 2 rings (SSSR count). The molecule has 1 nitrogen and oxygen atoms in total. The van der Waals surface area contributed by atoms with Gasteiger partial charge in [-0.25, -0.2) is 0 Å². The molecule has 11 heavy (non-hydrogen) atoms. The van der Waals surface area contributed by atoms with Gasteiger partial charge in [0.1, 0.15) is 0 Å². The Balaban J connectivity index is 0.000000605. The van der Waals surface area contributed by atoms with Crippen LogP contribution in [0.4, 0.5) is 0 Å². The first-order chi connectivity index (χ1) is 4.97. The van der Waals surface area contributed by atoms with E-state index in [4.69, 9.17) is 0 Å². The second-order valence-corrected chi connectivity index (χ2v) is 3.37. The average molecular weight is 218 g/mol. The summed E-state index contributed by atoms with van der Waals surface area (Å²) in [5.41, 5.74) is 1.69. The summed E-state index contributed by atoms with van der Waals surface area (Å²) in [5, 5.41) is 3.42. The van der Waals surface area contributed by atoms with E-state index < -0.39 is 0 Å². The van der Waals surface area contributed by atoms with Crippen LogP contribution in [0.15, 0.2) is 11.6 Å². The molecule has 1 heterocycles. The van der Waals surface area contributed by atoms with Crippen LogP contribution in [0.5, 0.6) is 0 Å². The number of nitrogens with one attached hydrogen (secondary N) is 1. The van der Waals surface area contributed by atoms with Crippen LogP contribution in [0.25, 0.3) is 0 Å². The van der Waals surface area contributed by atoms with E-state index in [0.717, 1.165) is 5.92 Å². The zero-order chi connectivity index (χ0) is 6.81. The minimum absolute atomic E-state index is 0. The van der Waals surface area contributed by atoms with Crippen LogP contribution in [0.2, 0.25) is 0 Å². The first-order valence-corrected chi connectivity index (χ1v) is 4.36. The Morgan fingerprint density at radius 1 is 1.36 bits per heavy atom. The van der Waals surface area contributed by atoms with E-state index in [1.54, 1.807) is 5.57 Å². The van der Waals surface area contributed by atoms with Crippen LogP contribution in [-0.2, 0) is 0 Å². The molecule has 2 heteroatoms. The number of rotatable bonds is 0. The number of halogens is 1. The third-order valence-electron chi connectivity index (χ3n) is 2.69. The van der Waals surface area contributed by atoms with Gasteiger partial charge in [-0.05, 0) is 38.1 Å². The van der Waals surface area contributed by atoms with E-state index in [1.807, 2.05) is 0 Å². The van der Waals surface area contributed by atoms with Crippen molar-refractivity contribution in [2.45, 2.75) is 25.7 Å². The van der Waals surface area contributed by atoms with Crippen molar-refractivity contribution in [3.05, 3.63) is 11.6 Å². The van der Waals surface area contributed by atoms with Crippen molar-refractivity contribution >= 4 is 17.0 Å². The van der Waals surface area contributed by atoms with Crippen molar-refractivity contribution in [3.8, 4) is 0 Å². The molecule has 0 amide bonds. The van der Waals surface area contributed by atoms with E-state index in [2.05, 4.69) is 11.4 Å². The number of piperidine rings is 1. The molecule has 1 unspecified atom stereocenters. The highest BCUT2D eigenvalue weighted by Crippen LogP contribution is 2.28. The molecule has 1 fully saturated rings. The topological polar surface area (TPSA) is 12.0 Å². The Kier molecular flexibility index (Phi) is 3.60. The summed E-state index contributed by atoms with van der Waals surface area (Å²) < 4.78 is 0. The Bertz CT molecular complexity index is 154. The van der Waals surface area contributed by atoms with Gasteiger partial charge in [0, 0.05) is 6.54 Å². The highest BCUT2D eigenvalue weighted by atomic mass is 79.9. The molecule has 0 aromatic carbocycles. The van der Waals surface area contributed by atoms with Crippen LogP contribution in [0.3, 0.4) is 0 Å². The average Bonchev–Trinajstić information content (AvgIpc) is 2.05.